The lowest BCUT2D eigenvalue weighted by Crippen LogP contribution is -2.41. The topological polar surface area (TPSA) is 87.2 Å². The zero-order valence-electron chi connectivity index (χ0n) is 16.6. The molecule has 0 spiro atoms. The number of anilines is 2. The first-order valence-electron chi connectivity index (χ1n) is 9.08. The van der Waals surface area contributed by atoms with Crippen molar-refractivity contribution < 1.29 is 28.8 Å². The second kappa shape index (κ2) is 9.23. The summed E-state index contributed by atoms with van der Waals surface area (Å²) < 4.78 is 37.1. The van der Waals surface area contributed by atoms with Gasteiger partial charge in [-0.2, -0.15) is 0 Å². The van der Waals surface area contributed by atoms with Crippen molar-refractivity contribution in [3.8, 4) is 11.5 Å². The smallest absolute Gasteiger partial charge is 0.255 e. The lowest BCUT2D eigenvalue weighted by Gasteiger charge is -2.12. The van der Waals surface area contributed by atoms with Crippen molar-refractivity contribution in [2.45, 2.75) is 6.54 Å². The Morgan fingerprint density at radius 3 is 2.27 bits per heavy atom. The van der Waals surface area contributed by atoms with E-state index in [0.29, 0.717) is 23.6 Å². The molecule has 0 aromatic heterocycles. The lowest BCUT2D eigenvalue weighted by molar-refractivity contribution is -0.253. The molecule has 5 N–H and O–H groups in total. The van der Waals surface area contributed by atoms with E-state index in [1.54, 1.807) is 38.5 Å². The van der Waals surface area contributed by atoms with Crippen LogP contribution in [-0.2, 0) is 6.54 Å². The third-order valence-electron chi connectivity index (χ3n) is 4.49. The number of rotatable bonds is 7. The highest BCUT2D eigenvalue weighted by atomic mass is 19.2. The Labute approximate surface area is 172 Å². The minimum Gasteiger partial charge on any atom is -0.493 e. The molecule has 0 unspecified atom stereocenters. The summed E-state index contributed by atoms with van der Waals surface area (Å²) >= 11 is 0. The van der Waals surface area contributed by atoms with Gasteiger partial charge >= 0.3 is 0 Å². The normalized spacial score (nSPS) is 10.4. The number of hydrogen-bond donors (Lipinski definition) is 3. The number of benzene rings is 3. The molecular formula is C22H22F2N3O3+. The fraction of sp³-hybridized carbons (Fsp3) is 0.136. The highest BCUT2D eigenvalue weighted by Gasteiger charge is 2.14. The Hall–Kier alpha value is -3.65. The van der Waals surface area contributed by atoms with Gasteiger partial charge in [0.2, 0.25) is 0 Å². The van der Waals surface area contributed by atoms with Gasteiger partial charge in [0.1, 0.15) is 5.69 Å². The monoisotopic (exact) mass is 414 g/mol. The predicted octanol–water partition coefficient (Wildman–Crippen LogP) is 3.72. The Morgan fingerprint density at radius 2 is 1.60 bits per heavy atom. The maximum atomic E-state index is 13.4. The maximum Gasteiger partial charge on any atom is 0.255 e. The summed E-state index contributed by atoms with van der Waals surface area (Å²) in [6.07, 6.45) is 0. The molecule has 0 heterocycles. The summed E-state index contributed by atoms with van der Waals surface area (Å²) in [5.41, 5.74) is 6.12. The average Bonchev–Trinajstić information content (AvgIpc) is 2.76. The molecular weight excluding hydrogens is 392 g/mol. The zero-order valence-corrected chi connectivity index (χ0v) is 16.6. The standard InChI is InChI=1S/C22H21F2N3O3/c1-29-20-8-7-15(9-21(20)30-2)26-12-13-3-5-14(6-4-13)22(28)27-19-11-17(24)16(23)10-18(19)25/h3-11,26H,12,25H2,1-2H3,(H,27,28)/p+1. The van der Waals surface area contributed by atoms with Crippen LogP contribution in [0.1, 0.15) is 15.9 Å². The van der Waals surface area contributed by atoms with E-state index in [2.05, 4.69) is 16.4 Å². The van der Waals surface area contributed by atoms with Gasteiger partial charge < -0.3 is 25.8 Å². The number of hydrogen-bond acceptors (Lipinski definition) is 4. The van der Waals surface area contributed by atoms with E-state index in [4.69, 9.17) is 9.47 Å². The molecule has 0 aliphatic heterocycles. The van der Waals surface area contributed by atoms with E-state index >= 15 is 0 Å². The van der Waals surface area contributed by atoms with Gasteiger partial charge in [0.15, 0.2) is 28.8 Å². The number of amides is 1. The molecule has 0 radical (unpaired) electrons. The van der Waals surface area contributed by atoms with Crippen molar-refractivity contribution in [3.63, 3.8) is 0 Å². The number of carbonyl (C=O) groups is 1. The third kappa shape index (κ3) is 4.84. The fourth-order valence-electron chi connectivity index (χ4n) is 2.82. The second-order valence-corrected chi connectivity index (χ2v) is 6.50. The van der Waals surface area contributed by atoms with Crippen LogP contribution >= 0.6 is 0 Å². The van der Waals surface area contributed by atoms with Crippen LogP contribution in [0.5, 0.6) is 11.5 Å². The SMILES string of the molecule is COc1ccc(NCc2ccc(C(=O)Nc3cc(F)c(F)cc3[NH3+])cc2)cc1OC. The minimum atomic E-state index is -1.05. The molecule has 30 heavy (non-hydrogen) atoms. The third-order valence-corrected chi connectivity index (χ3v) is 4.49. The van der Waals surface area contributed by atoms with Gasteiger partial charge in [-0.05, 0) is 29.8 Å². The summed E-state index contributed by atoms with van der Waals surface area (Å²) in [5.74, 6) is -1.23. The van der Waals surface area contributed by atoms with Gasteiger partial charge in [0, 0.05) is 36.0 Å². The van der Waals surface area contributed by atoms with Gasteiger partial charge in [-0.15, -0.1) is 0 Å². The number of halogens is 2. The highest BCUT2D eigenvalue weighted by Crippen LogP contribution is 2.30. The van der Waals surface area contributed by atoms with Crippen LogP contribution in [0.2, 0.25) is 0 Å². The Morgan fingerprint density at radius 1 is 0.933 bits per heavy atom. The van der Waals surface area contributed by atoms with E-state index in [-0.39, 0.29) is 11.4 Å². The molecule has 3 aromatic carbocycles. The molecule has 0 aliphatic carbocycles. The Kier molecular flexibility index (Phi) is 6.48. The molecule has 0 saturated heterocycles. The molecule has 0 fully saturated rings. The number of carbonyl (C=O) groups excluding carboxylic acids is 1. The van der Waals surface area contributed by atoms with Crippen LogP contribution in [-0.4, -0.2) is 20.1 Å². The molecule has 0 saturated carbocycles. The molecule has 0 aliphatic rings. The summed E-state index contributed by atoms with van der Waals surface area (Å²) in [4.78, 5) is 12.4. The average molecular weight is 414 g/mol. The largest absolute Gasteiger partial charge is 0.493 e. The van der Waals surface area contributed by atoms with E-state index < -0.39 is 17.5 Å². The second-order valence-electron chi connectivity index (χ2n) is 6.50. The van der Waals surface area contributed by atoms with Gasteiger partial charge in [0.25, 0.3) is 5.91 Å². The predicted molar refractivity (Wildman–Crippen MR) is 110 cm³/mol. The van der Waals surface area contributed by atoms with Crippen molar-refractivity contribution in [1.82, 2.24) is 0 Å². The van der Waals surface area contributed by atoms with E-state index in [9.17, 15) is 13.6 Å². The summed E-state index contributed by atoms with van der Waals surface area (Å²) in [6.45, 7) is 0.531. The van der Waals surface area contributed by atoms with E-state index in [1.165, 1.54) is 0 Å². The van der Waals surface area contributed by atoms with E-state index in [0.717, 1.165) is 23.4 Å². The maximum absolute atomic E-state index is 13.4. The lowest BCUT2D eigenvalue weighted by atomic mass is 10.1. The first-order chi connectivity index (χ1) is 14.4. The van der Waals surface area contributed by atoms with Crippen molar-refractivity contribution in [3.05, 3.63) is 77.4 Å². The van der Waals surface area contributed by atoms with Crippen LogP contribution in [0, 0.1) is 11.6 Å². The van der Waals surface area contributed by atoms with Crippen LogP contribution in [0.15, 0.2) is 54.6 Å². The van der Waals surface area contributed by atoms with Crippen molar-refractivity contribution >= 4 is 23.0 Å². The summed E-state index contributed by atoms with van der Waals surface area (Å²) in [5, 5.41) is 5.82. The van der Waals surface area contributed by atoms with Crippen LogP contribution in [0.3, 0.4) is 0 Å². The molecule has 156 valence electrons. The first kappa shape index (κ1) is 21.1. The Bertz CT molecular complexity index is 1060. The van der Waals surface area contributed by atoms with Crippen LogP contribution < -0.4 is 25.8 Å². The number of methoxy groups -OCH3 is 2. The quantitative estimate of drug-likeness (QED) is 0.550. The first-order valence-corrected chi connectivity index (χ1v) is 9.08. The van der Waals surface area contributed by atoms with Gasteiger partial charge in [-0.25, -0.2) is 8.78 Å². The summed E-state index contributed by atoms with van der Waals surface area (Å²) in [6, 6.07) is 14.3. The molecule has 0 bridgehead atoms. The van der Waals surface area contributed by atoms with Gasteiger partial charge in [-0.1, -0.05) is 12.1 Å². The Balaban J connectivity index is 1.63. The van der Waals surface area contributed by atoms with Crippen LogP contribution in [0.4, 0.5) is 25.8 Å². The van der Waals surface area contributed by atoms with Crippen molar-refractivity contribution in [2.24, 2.45) is 0 Å². The molecule has 6 nitrogen and oxygen atoms in total. The summed E-state index contributed by atoms with van der Waals surface area (Å²) in [7, 11) is 3.15. The van der Waals surface area contributed by atoms with Crippen LogP contribution in [0.25, 0.3) is 0 Å². The molecule has 8 heteroatoms. The minimum absolute atomic E-state index is 0.123. The molecule has 1 amide bonds. The number of nitrogens with one attached hydrogen (secondary N) is 2. The number of ether oxygens (including phenoxy) is 2. The van der Waals surface area contributed by atoms with Gasteiger partial charge in [-0.3, -0.25) is 4.79 Å². The number of quaternary nitrogens is 1. The molecule has 3 rings (SSSR count). The van der Waals surface area contributed by atoms with Crippen molar-refractivity contribution in [1.29, 1.82) is 0 Å². The van der Waals surface area contributed by atoms with E-state index in [1.807, 2.05) is 18.2 Å². The molecule has 0 atom stereocenters. The zero-order chi connectivity index (χ0) is 21.7. The molecule has 3 aromatic rings. The van der Waals surface area contributed by atoms with Crippen molar-refractivity contribution in [2.75, 3.05) is 24.9 Å². The van der Waals surface area contributed by atoms with Gasteiger partial charge in [0.05, 0.1) is 14.2 Å². The fourth-order valence-corrected chi connectivity index (χ4v) is 2.82. The highest BCUT2D eigenvalue weighted by molar-refractivity contribution is 6.05.